The molecule has 1 aliphatic rings. The number of benzene rings is 2. The molecule has 162 valence electrons. The monoisotopic (exact) mass is 446 g/mol. The minimum Gasteiger partial charge on any atom is -0.449 e. The Hall–Kier alpha value is -3.36. The molecule has 32 heavy (non-hydrogen) atoms. The number of esters is 1. The van der Waals surface area contributed by atoms with Crippen LogP contribution < -0.4 is 5.32 Å². The second-order valence-electron chi connectivity index (χ2n) is 7.94. The summed E-state index contributed by atoms with van der Waals surface area (Å²) in [5, 5.41) is 3.99. The van der Waals surface area contributed by atoms with Gasteiger partial charge in [0.1, 0.15) is 0 Å². The van der Waals surface area contributed by atoms with Gasteiger partial charge in [0.2, 0.25) is 0 Å². The summed E-state index contributed by atoms with van der Waals surface area (Å²) in [6.45, 7) is 3.07. The quantitative estimate of drug-likeness (QED) is 0.477. The summed E-state index contributed by atoms with van der Waals surface area (Å²) in [4.78, 5) is 37.3. The molecule has 4 aromatic rings. The summed E-state index contributed by atoms with van der Waals surface area (Å²) in [6.07, 6.45) is -0.205. The first-order valence-corrected chi connectivity index (χ1v) is 11.3. The number of thiazole rings is 1. The highest BCUT2D eigenvalue weighted by Gasteiger charge is 2.28. The molecule has 5 rings (SSSR count). The number of nitrogens with one attached hydrogen (secondary N) is 1. The molecular weight excluding hydrogens is 424 g/mol. The number of nitrogens with zero attached hydrogens (tertiary/aromatic N) is 3. The van der Waals surface area contributed by atoms with Gasteiger partial charge in [-0.1, -0.05) is 41.7 Å². The second kappa shape index (κ2) is 8.29. The lowest BCUT2D eigenvalue weighted by atomic mass is 9.96. The zero-order chi connectivity index (χ0) is 22.2. The third-order valence-electron chi connectivity index (χ3n) is 5.62. The van der Waals surface area contributed by atoms with Gasteiger partial charge in [0.25, 0.3) is 5.91 Å². The molecule has 0 bridgehead atoms. The van der Waals surface area contributed by atoms with E-state index in [2.05, 4.69) is 15.2 Å². The molecule has 0 saturated carbocycles. The Labute approximate surface area is 189 Å². The van der Waals surface area contributed by atoms with Crippen molar-refractivity contribution in [1.82, 2.24) is 14.9 Å². The molecule has 1 aliphatic heterocycles. The normalized spacial score (nSPS) is 14.8. The third-order valence-corrected chi connectivity index (χ3v) is 6.57. The predicted molar refractivity (Wildman–Crippen MR) is 125 cm³/mol. The van der Waals surface area contributed by atoms with E-state index in [4.69, 9.17) is 9.72 Å². The van der Waals surface area contributed by atoms with Crippen LogP contribution in [0, 0.1) is 0 Å². The van der Waals surface area contributed by atoms with Crippen molar-refractivity contribution in [2.45, 2.75) is 26.0 Å². The first-order valence-electron chi connectivity index (χ1n) is 10.5. The second-order valence-corrected chi connectivity index (χ2v) is 8.97. The molecule has 3 heterocycles. The zero-order valence-corrected chi connectivity index (χ0v) is 18.6. The van der Waals surface area contributed by atoms with Gasteiger partial charge in [0.05, 0.1) is 21.3 Å². The number of rotatable bonds is 4. The summed E-state index contributed by atoms with van der Waals surface area (Å²) in [5.74, 6) is -0.927. The fourth-order valence-corrected chi connectivity index (χ4v) is 4.83. The van der Waals surface area contributed by atoms with Crippen LogP contribution in [0.5, 0.6) is 0 Å². The maximum absolute atomic E-state index is 13.3. The van der Waals surface area contributed by atoms with Crippen molar-refractivity contribution in [2.24, 2.45) is 0 Å². The van der Waals surface area contributed by atoms with Crippen molar-refractivity contribution in [1.29, 1.82) is 0 Å². The number of carbonyl (C=O) groups is 2. The number of fused-ring (bicyclic) bond motifs is 3. The van der Waals surface area contributed by atoms with Gasteiger partial charge in [-0.2, -0.15) is 0 Å². The average Bonchev–Trinajstić information content (AvgIpc) is 3.19. The van der Waals surface area contributed by atoms with E-state index in [1.165, 1.54) is 11.3 Å². The molecule has 7 nitrogen and oxygen atoms in total. The highest BCUT2D eigenvalue weighted by Crippen LogP contribution is 2.29. The van der Waals surface area contributed by atoms with E-state index in [9.17, 15) is 9.59 Å². The number of aromatic nitrogens is 2. The minimum atomic E-state index is -0.974. The SMILES string of the molecule is CC(OC(=O)c1c2c(nc3ccccc13)CCN(C)C2)C(=O)Nc1nc2ccccc2s1. The van der Waals surface area contributed by atoms with Crippen LogP contribution in [0.25, 0.3) is 21.1 Å². The standard InChI is InChI=1S/C24H22N4O3S/c1-14(22(29)27-24-26-19-9-5-6-10-20(19)32-24)31-23(30)21-15-7-3-4-8-17(15)25-18-11-12-28(2)13-16(18)21/h3-10,14H,11-13H2,1-2H3,(H,26,27,29). The third kappa shape index (κ3) is 3.83. The van der Waals surface area contributed by atoms with Gasteiger partial charge < -0.3 is 9.64 Å². The highest BCUT2D eigenvalue weighted by atomic mass is 32.1. The van der Waals surface area contributed by atoms with E-state index < -0.39 is 18.0 Å². The molecule has 0 saturated heterocycles. The minimum absolute atomic E-state index is 0.415. The molecule has 8 heteroatoms. The number of hydrogen-bond acceptors (Lipinski definition) is 7. The number of carbonyl (C=O) groups excluding carboxylic acids is 2. The molecule has 0 aliphatic carbocycles. The molecule has 1 amide bonds. The van der Waals surface area contributed by atoms with Crippen LogP contribution in [0.2, 0.25) is 0 Å². The number of para-hydroxylation sites is 2. The lowest BCUT2D eigenvalue weighted by Gasteiger charge is -2.27. The van der Waals surface area contributed by atoms with E-state index in [0.717, 1.165) is 45.3 Å². The fourth-order valence-electron chi connectivity index (χ4n) is 3.96. The van der Waals surface area contributed by atoms with E-state index >= 15 is 0 Å². The Bertz CT molecular complexity index is 1320. The molecule has 1 unspecified atom stereocenters. The van der Waals surface area contributed by atoms with E-state index in [-0.39, 0.29) is 0 Å². The van der Waals surface area contributed by atoms with Crippen LogP contribution in [0.15, 0.2) is 48.5 Å². The van der Waals surface area contributed by atoms with Crippen molar-refractivity contribution in [3.8, 4) is 0 Å². The first-order chi connectivity index (χ1) is 15.5. The molecule has 1 N–H and O–H groups in total. The molecule has 0 radical (unpaired) electrons. The maximum Gasteiger partial charge on any atom is 0.339 e. The van der Waals surface area contributed by atoms with Crippen LogP contribution in [0.4, 0.5) is 5.13 Å². The van der Waals surface area contributed by atoms with Crippen LogP contribution in [-0.4, -0.2) is 46.4 Å². The van der Waals surface area contributed by atoms with E-state index in [0.29, 0.717) is 17.2 Å². The topological polar surface area (TPSA) is 84.4 Å². The zero-order valence-electron chi connectivity index (χ0n) is 17.8. The number of pyridine rings is 1. The summed E-state index contributed by atoms with van der Waals surface area (Å²) in [6, 6.07) is 15.2. The Morgan fingerprint density at radius 3 is 2.66 bits per heavy atom. The van der Waals surface area contributed by atoms with Crippen LogP contribution in [0.1, 0.15) is 28.5 Å². The van der Waals surface area contributed by atoms with Crippen molar-refractivity contribution in [3.05, 3.63) is 65.4 Å². The smallest absolute Gasteiger partial charge is 0.339 e. The largest absolute Gasteiger partial charge is 0.449 e. The number of amides is 1. The molecular formula is C24H22N4O3S. The number of hydrogen-bond donors (Lipinski definition) is 1. The molecule has 0 fully saturated rings. The molecule has 2 aromatic carbocycles. The lowest BCUT2D eigenvalue weighted by Crippen LogP contribution is -2.32. The van der Waals surface area contributed by atoms with Crippen molar-refractivity contribution in [2.75, 3.05) is 18.9 Å². The predicted octanol–water partition coefficient (Wildman–Crippen LogP) is 4.02. The van der Waals surface area contributed by atoms with Gasteiger partial charge in [0.15, 0.2) is 11.2 Å². The van der Waals surface area contributed by atoms with Crippen LogP contribution >= 0.6 is 11.3 Å². The molecule has 2 aromatic heterocycles. The molecule has 0 spiro atoms. The Balaban J connectivity index is 1.40. The Morgan fingerprint density at radius 2 is 1.84 bits per heavy atom. The van der Waals surface area contributed by atoms with E-state index in [1.54, 1.807) is 6.92 Å². The summed E-state index contributed by atoms with van der Waals surface area (Å²) < 4.78 is 6.61. The van der Waals surface area contributed by atoms with Gasteiger partial charge in [-0.15, -0.1) is 0 Å². The molecule has 1 atom stereocenters. The van der Waals surface area contributed by atoms with Gasteiger partial charge in [0, 0.05) is 36.2 Å². The van der Waals surface area contributed by atoms with Crippen LogP contribution in [0.3, 0.4) is 0 Å². The fraction of sp³-hybridized carbons (Fsp3) is 0.250. The summed E-state index contributed by atoms with van der Waals surface area (Å²) in [7, 11) is 2.02. The summed E-state index contributed by atoms with van der Waals surface area (Å²) in [5.41, 5.74) is 3.86. The Kier molecular flexibility index (Phi) is 5.32. The summed E-state index contributed by atoms with van der Waals surface area (Å²) >= 11 is 1.38. The number of likely N-dealkylation sites (N-methyl/N-ethyl adjacent to an activating group) is 1. The Morgan fingerprint density at radius 1 is 1.09 bits per heavy atom. The van der Waals surface area contributed by atoms with E-state index in [1.807, 2.05) is 55.6 Å². The average molecular weight is 447 g/mol. The van der Waals surface area contributed by atoms with Crippen molar-refractivity contribution < 1.29 is 14.3 Å². The maximum atomic E-state index is 13.3. The first kappa shape index (κ1) is 20.5. The number of ether oxygens (including phenoxy) is 1. The van der Waals surface area contributed by atoms with Crippen molar-refractivity contribution >= 4 is 49.5 Å². The van der Waals surface area contributed by atoms with Gasteiger partial charge in [-0.05, 0) is 32.2 Å². The van der Waals surface area contributed by atoms with Gasteiger partial charge in [-0.25, -0.2) is 9.78 Å². The number of anilines is 1. The lowest BCUT2D eigenvalue weighted by molar-refractivity contribution is -0.123. The van der Waals surface area contributed by atoms with Crippen molar-refractivity contribution in [3.63, 3.8) is 0 Å². The van der Waals surface area contributed by atoms with Gasteiger partial charge >= 0.3 is 5.97 Å². The van der Waals surface area contributed by atoms with Crippen LogP contribution in [-0.2, 0) is 22.5 Å². The van der Waals surface area contributed by atoms with Gasteiger partial charge in [-0.3, -0.25) is 15.1 Å². The highest BCUT2D eigenvalue weighted by molar-refractivity contribution is 7.22.